The van der Waals surface area contributed by atoms with Gasteiger partial charge in [0.25, 0.3) is 5.91 Å². The number of hydrogen-bond acceptors (Lipinski definition) is 5. The summed E-state index contributed by atoms with van der Waals surface area (Å²) in [6, 6.07) is 13.8. The molecule has 0 aliphatic rings. The molecule has 7 heteroatoms. The third-order valence-corrected chi connectivity index (χ3v) is 6.22. The van der Waals surface area contributed by atoms with E-state index >= 15 is 0 Å². The number of aryl methyl sites for hydroxylation is 1. The highest BCUT2D eigenvalue weighted by molar-refractivity contribution is 7.22. The van der Waals surface area contributed by atoms with E-state index in [0.29, 0.717) is 18.7 Å². The minimum absolute atomic E-state index is 0. The van der Waals surface area contributed by atoms with Gasteiger partial charge in [-0.05, 0) is 81.9 Å². The Morgan fingerprint density at radius 2 is 1.78 bits per heavy atom. The van der Waals surface area contributed by atoms with Crippen molar-refractivity contribution in [3.8, 4) is 5.75 Å². The molecule has 0 bridgehead atoms. The van der Waals surface area contributed by atoms with Gasteiger partial charge in [-0.2, -0.15) is 0 Å². The number of rotatable bonds is 11. The average Bonchev–Trinajstić information content (AvgIpc) is 3.19. The third kappa shape index (κ3) is 6.92. The lowest BCUT2D eigenvalue weighted by Crippen LogP contribution is -2.33. The second kappa shape index (κ2) is 12.8. The van der Waals surface area contributed by atoms with Gasteiger partial charge < -0.3 is 9.64 Å². The number of thiazole rings is 1. The molecule has 1 aromatic heterocycles. The number of carbonyl (C=O) groups excluding carboxylic acids is 1. The van der Waals surface area contributed by atoms with Crippen molar-refractivity contribution in [1.29, 1.82) is 0 Å². The molecule has 0 saturated carbocycles. The Morgan fingerprint density at radius 3 is 2.44 bits per heavy atom. The first-order chi connectivity index (χ1) is 15.0. The van der Waals surface area contributed by atoms with Gasteiger partial charge in [0.2, 0.25) is 0 Å². The smallest absolute Gasteiger partial charge is 0.260 e. The SMILES string of the molecule is CCCCOc1ccc(C(=O)N(CCCN(C)C)c2nc3ccc(CC)cc3s2)cc1.Cl. The Morgan fingerprint density at radius 1 is 1.03 bits per heavy atom. The number of nitrogens with zero attached hydrogens (tertiary/aromatic N) is 3. The molecule has 0 spiro atoms. The largest absolute Gasteiger partial charge is 0.494 e. The second-order valence-corrected chi connectivity index (χ2v) is 9.00. The molecule has 0 aliphatic heterocycles. The van der Waals surface area contributed by atoms with Crippen LogP contribution in [-0.4, -0.2) is 49.6 Å². The number of amides is 1. The lowest BCUT2D eigenvalue weighted by atomic mass is 10.2. The van der Waals surface area contributed by atoms with E-state index in [2.05, 4.69) is 36.9 Å². The molecule has 0 unspecified atom stereocenters. The van der Waals surface area contributed by atoms with E-state index in [0.717, 1.165) is 53.3 Å². The molecular formula is C25H34ClN3O2S. The molecule has 0 N–H and O–H groups in total. The van der Waals surface area contributed by atoms with E-state index < -0.39 is 0 Å². The van der Waals surface area contributed by atoms with Crippen LogP contribution in [0.4, 0.5) is 5.13 Å². The molecule has 32 heavy (non-hydrogen) atoms. The highest BCUT2D eigenvalue weighted by atomic mass is 35.5. The highest BCUT2D eigenvalue weighted by Gasteiger charge is 2.21. The van der Waals surface area contributed by atoms with Crippen LogP contribution in [0, 0.1) is 0 Å². The molecule has 0 atom stereocenters. The Hall–Kier alpha value is -2.15. The molecule has 0 aliphatic carbocycles. The Balaban J connectivity index is 0.00000363. The molecule has 0 saturated heterocycles. The van der Waals surface area contributed by atoms with Gasteiger partial charge in [-0.3, -0.25) is 9.69 Å². The lowest BCUT2D eigenvalue weighted by Gasteiger charge is -2.21. The summed E-state index contributed by atoms with van der Waals surface area (Å²) in [4.78, 5) is 22.2. The van der Waals surface area contributed by atoms with Crippen molar-refractivity contribution in [2.75, 3.05) is 38.7 Å². The first-order valence-corrected chi connectivity index (χ1v) is 11.9. The van der Waals surface area contributed by atoms with Crippen molar-refractivity contribution in [3.63, 3.8) is 0 Å². The summed E-state index contributed by atoms with van der Waals surface area (Å²) in [5.41, 5.74) is 2.88. The van der Waals surface area contributed by atoms with E-state index in [1.807, 2.05) is 43.3 Å². The van der Waals surface area contributed by atoms with Crippen molar-refractivity contribution in [1.82, 2.24) is 9.88 Å². The number of benzene rings is 2. The lowest BCUT2D eigenvalue weighted by molar-refractivity contribution is 0.0986. The van der Waals surface area contributed by atoms with E-state index in [4.69, 9.17) is 9.72 Å². The van der Waals surface area contributed by atoms with Gasteiger partial charge in [0.05, 0.1) is 16.8 Å². The minimum Gasteiger partial charge on any atom is -0.494 e. The van der Waals surface area contributed by atoms with Crippen LogP contribution >= 0.6 is 23.7 Å². The first-order valence-electron chi connectivity index (χ1n) is 11.1. The number of fused-ring (bicyclic) bond motifs is 1. The summed E-state index contributed by atoms with van der Waals surface area (Å²) in [7, 11) is 4.10. The van der Waals surface area contributed by atoms with Gasteiger partial charge in [-0.15, -0.1) is 12.4 Å². The molecule has 5 nitrogen and oxygen atoms in total. The van der Waals surface area contributed by atoms with Crippen LogP contribution in [0.3, 0.4) is 0 Å². The molecular weight excluding hydrogens is 442 g/mol. The zero-order valence-electron chi connectivity index (χ0n) is 19.5. The fourth-order valence-corrected chi connectivity index (χ4v) is 4.36. The summed E-state index contributed by atoms with van der Waals surface area (Å²) in [6.07, 6.45) is 3.99. The van der Waals surface area contributed by atoms with Crippen molar-refractivity contribution >= 4 is 45.0 Å². The molecule has 0 fully saturated rings. The molecule has 1 amide bonds. The van der Waals surface area contributed by atoms with E-state index in [-0.39, 0.29) is 18.3 Å². The number of halogens is 1. The Kier molecular flexibility index (Phi) is 10.4. The van der Waals surface area contributed by atoms with Gasteiger partial charge >= 0.3 is 0 Å². The maximum absolute atomic E-state index is 13.4. The van der Waals surface area contributed by atoms with Crippen LogP contribution in [0.15, 0.2) is 42.5 Å². The number of carbonyl (C=O) groups is 1. The Labute approximate surface area is 201 Å². The fraction of sp³-hybridized carbons (Fsp3) is 0.440. The quantitative estimate of drug-likeness (QED) is 0.316. The topological polar surface area (TPSA) is 45.7 Å². The highest BCUT2D eigenvalue weighted by Crippen LogP contribution is 2.31. The van der Waals surface area contributed by atoms with Crippen molar-refractivity contribution < 1.29 is 9.53 Å². The van der Waals surface area contributed by atoms with Crippen LogP contribution in [-0.2, 0) is 6.42 Å². The summed E-state index contributed by atoms with van der Waals surface area (Å²) in [5.74, 6) is 0.782. The summed E-state index contributed by atoms with van der Waals surface area (Å²) in [6.45, 7) is 6.54. The van der Waals surface area contributed by atoms with Crippen LogP contribution < -0.4 is 9.64 Å². The van der Waals surface area contributed by atoms with Gasteiger partial charge in [-0.25, -0.2) is 4.98 Å². The fourth-order valence-electron chi connectivity index (χ4n) is 3.31. The van der Waals surface area contributed by atoms with Gasteiger partial charge in [-0.1, -0.05) is 37.7 Å². The van der Waals surface area contributed by atoms with Gasteiger partial charge in [0.15, 0.2) is 5.13 Å². The van der Waals surface area contributed by atoms with E-state index in [9.17, 15) is 4.79 Å². The van der Waals surface area contributed by atoms with Crippen molar-refractivity contribution in [3.05, 3.63) is 53.6 Å². The second-order valence-electron chi connectivity index (χ2n) is 7.99. The monoisotopic (exact) mass is 475 g/mol. The normalized spacial score (nSPS) is 10.9. The number of aromatic nitrogens is 1. The number of anilines is 1. The Bertz CT molecular complexity index is 989. The standard InChI is InChI=1S/C25H33N3O2S.ClH/c1-5-7-17-30-21-12-10-20(11-13-21)24(29)28(16-8-15-27(3)4)25-26-22-14-9-19(6-2)18-23(22)31-25;/h9-14,18H,5-8,15-17H2,1-4H3;1H. The van der Waals surface area contributed by atoms with E-state index in [1.165, 1.54) is 5.56 Å². The minimum atomic E-state index is -0.0198. The number of hydrogen-bond donors (Lipinski definition) is 0. The molecule has 0 radical (unpaired) electrons. The maximum Gasteiger partial charge on any atom is 0.260 e. The van der Waals surface area contributed by atoms with E-state index in [1.54, 1.807) is 11.3 Å². The van der Waals surface area contributed by atoms with Crippen molar-refractivity contribution in [2.24, 2.45) is 0 Å². The molecule has 1 heterocycles. The first kappa shape index (κ1) is 26.1. The molecule has 2 aromatic carbocycles. The van der Waals surface area contributed by atoms with Crippen LogP contribution in [0.5, 0.6) is 5.75 Å². The summed E-state index contributed by atoms with van der Waals surface area (Å²) >= 11 is 1.59. The number of ether oxygens (including phenoxy) is 1. The summed E-state index contributed by atoms with van der Waals surface area (Å²) < 4.78 is 6.86. The van der Waals surface area contributed by atoms with Crippen LogP contribution in [0.1, 0.15) is 49.0 Å². The average molecular weight is 476 g/mol. The maximum atomic E-state index is 13.4. The predicted molar refractivity (Wildman–Crippen MR) is 138 cm³/mol. The predicted octanol–water partition coefficient (Wildman–Crippen LogP) is 6.06. The molecule has 3 rings (SSSR count). The third-order valence-electron chi connectivity index (χ3n) is 5.18. The van der Waals surface area contributed by atoms with Gasteiger partial charge in [0, 0.05) is 12.1 Å². The van der Waals surface area contributed by atoms with Crippen LogP contribution in [0.2, 0.25) is 0 Å². The van der Waals surface area contributed by atoms with Gasteiger partial charge in [0.1, 0.15) is 5.75 Å². The zero-order valence-corrected chi connectivity index (χ0v) is 21.1. The summed E-state index contributed by atoms with van der Waals surface area (Å²) in [5, 5.41) is 0.760. The number of unbranched alkanes of at least 4 members (excludes halogenated alkanes) is 1. The zero-order chi connectivity index (χ0) is 22.2. The van der Waals surface area contributed by atoms with Crippen molar-refractivity contribution in [2.45, 2.75) is 39.5 Å². The van der Waals surface area contributed by atoms with Crippen LogP contribution in [0.25, 0.3) is 10.2 Å². The molecule has 3 aromatic rings. The molecule has 174 valence electrons.